The Morgan fingerprint density at radius 2 is 2.33 bits per heavy atom. The predicted octanol–water partition coefficient (Wildman–Crippen LogP) is 3.25. The van der Waals surface area contributed by atoms with Gasteiger partial charge in [-0.3, -0.25) is 0 Å². The molecule has 0 atom stereocenters. The summed E-state index contributed by atoms with van der Waals surface area (Å²) < 4.78 is 0. The molecule has 0 amide bonds. The Morgan fingerprint density at radius 3 is 3.13 bits per heavy atom. The molecular weight excluding hydrogens is 184 g/mol. The van der Waals surface area contributed by atoms with Gasteiger partial charge < -0.3 is 4.90 Å². The molecule has 0 saturated carbocycles. The average Bonchev–Trinajstić information content (AvgIpc) is 2.39. The van der Waals surface area contributed by atoms with Crippen LogP contribution in [0.15, 0.2) is 40.2 Å². The van der Waals surface area contributed by atoms with Crippen molar-refractivity contribution in [2.45, 2.75) is 33.1 Å². The van der Waals surface area contributed by atoms with Gasteiger partial charge in [-0.15, -0.1) is 0 Å². The minimum atomic E-state index is 1.02. The fraction of sp³-hybridized carbons (Fsp3) is 0.462. The molecule has 0 N–H and O–H groups in total. The third-order valence-electron chi connectivity index (χ3n) is 2.86. The van der Waals surface area contributed by atoms with Crippen LogP contribution < -0.4 is 0 Å². The lowest BCUT2D eigenvalue weighted by molar-refractivity contribution is 0.490. The van der Waals surface area contributed by atoms with Gasteiger partial charge in [0.25, 0.3) is 0 Å². The van der Waals surface area contributed by atoms with Crippen molar-refractivity contribution in [3.8, 4) is 0 Å². The van der Waals surface area contributed by atoms with Crippen LogP contribution in [0.1, 0.15) is 33.1 Å². The van der Waals surface area contributed by atoms with Gasteiger partial charge in [0.05, 0.1) is 12.0 Å². The number of aliphatic imine (C=N–C) groups is 1. The van der Waals surface area contributed by atoms with Crippen molar-refractivity contribution >= 4 is 6.34 Å². The van der Waals surface area contributed by atoms with E-state index in [0.29, 0.717) is 0 Å². The first-order valence-electron chi connectivity index (χ1n) is 5.70. The molecule has 80 valence electrons. The van der Waals surface area contributed by atoms with E-state index in [2.05, 4.69) is 42.0 Å². The zero-order valence-electron chi connectivity index (χ0n) is 9.53. The summed E-state index contributed by atoms with van der Waals surface area (Å²) in [5.41, 5.74) is 3.75. The molecule has 2 bridgehead atoms. The van der Waals surface area contributed by atoms with Gasteiger partial charge in [0.2, 0.25) is 0 Å². The first-order chi connectivity index (χ1) is 7.31. The molecule has 1 heterocycles. The number of hydrogen-bond acceptors (Lipinski definition) is 2. The highest BCUT2D eigenvalue weighted by atomic mass is 15.2. The molecule has 0 radical (unpaired) electrons. The van der Waals surface area contributed by atoms with E-state index in [-0.39, 0.29) is 0 Å². The largest absolute Gasteiger partial charge is 0.336 e. The highest BCUT2D eigenvalue weighted by Gasteiger charge is 2.13. The molecule has 15 heavy (non-hydrogen) atoms. The quantitative estimate of drug-likeness (QED) is 0.686. The van der Waals surface area contributed by atoms with Crippen LogP contribution >= 0.6 is 0 Å². The number of nitrogens with zero attached hydrogens (tertiary/aromatic N) is 2. The summed E-state index contributed by atoms with van der Waals surface area (Å²) in [5.74, 6) is 0. The fourth-order valence-electron chi connectivity index (χ4n) is 1.85. The number of allylic oxidation sites excluding steroid dienone is 4. The molecule has 0 fully saturated rings. The molecule has 2 heteroatoms. The third kappa shape index (κ3) is 2.20. The van der Waals surface area contributed by atoms with Crippen LogP contribution in [0.2, 0.25) is 0 Å². The van der Waals surface area contributed by atoms with Crippen molar-refractivity contribution in [2.75, 3.05) is 6.54 Å². The number of rotatable bonds is 3. The molecule has 0 spiro atoms. The van der Waals surface area contributed by atoms with Crippen LogP contribution in [0, 0.1) is 0 Å². The van der Waals surface area contributed by atoms with Crippen molar-refractivity contribution in [2.24, 2.45) is 4.99 Å². The van der Waals surface area contributed by atoms with E-state index >= 15 is 0 Å². The van der Waals surface area contributed by atoms with Crippen molar-refractivity contribution < 1.29 is 0 Å². The van der Waals surface area contributed by atoms with E-state index in [1.54, 1.807) is 0 Å². The van der Waals surface area contributed by atoms with E-state index in [1.165, 1.54) is 24.1 Å². The Balaban J connectivity index is 2.17. The van der Waals surface area contributed by atoms with Crippen molar-refractivity contribution in [3.63, 3.8) is 0 Å². The SMILES string of the molecule is CCCCN1C=NC2=C(C)C=CCC1=C2. The fourth-order valence-corrected chi connectivity index (χ4v) is 1.85. The first-order valence-corrected chi connectivity index (χ1v) is 5.70. The summed E-state index contributed by atoms with van der Waals surface area (Å²) in [7, 11) is 0. The number of fused-ring (bicyclic) bond motifs is 1. The van der Waals surface area contributed by atoms with E-state index in [9.17, 15) is 0 Å². The van der Waals surface area contributed by atoms with Crippen LogP contribution in [0.3, 0.4) is 0 Å². The minimum Gasteiger partial charge on any atom is -0.336 e. The number of hydrogen-bond donors (Lipinski definition) is 0. The van der Waals surface area contributed by atoms with Gasteiger partial charge in [-0.05, 0) is 25.0 Å². The van der Waals surface area contributed by atoms with Gasteiger partial charge in [-0.25, -0.2) is 4.99 Å². The molecule has 0 saturated heterocycles. The van der Waals surface area contributed by atoms with Crippen molar-refractivity contribution in [1.82, 2.24) is 4.90 Å². The van der Waals surface area contributed by atoms with Crippen LogP contribution in [-0.4, -0.2) is 17.8 Å². The summed E-state index contributed by atoms with van der Waals surface area (Å²) in [5, 5.41) is 0. The van der Waals surface area contributed by atoms with E-state index in [1.807, 2.05) is 6.34 Å². The second-order valence-electron chi connectivity index (χ2n) is 4.10. The second kappa shape index (κ2) is 4.47. The van der Waals surface area contributed by atoms with Gasteiger partial charge in [0, 0.05) is 18.7 Å². The maximum Gasteiger partial charge on any atom is 0.0954 e. The molecule has 0 aromatic carbocycles. The van der Waals surface area contributed by atoms with E-state index in [0.717, 1.165) is 18.7 Å². The summed E-state index contributed by atoms with van der Waals surface area (Å²) in [6.07, 6.45) is 12.1. The van der Waals surface area contributed by atoms with E-state index in [4.69, 9.17) is 0 Å². The zero-order chi connectivity index (χ0) is 10.7. The molecule has 1 aliphatic carbocycles. The normalized spacial score (nSPS) is 19.3. The smallest absolute Gasteiger partial charge is 0.0954 e. The lowest BCUT2D eigenvalue weighted by atomic mass is 10.2. The Hall–Kier alpha value is -1.31. The van der Waals surface area contributed by atoms with Gasteiger partial charge in [-0.1, -0.05) is 25.5 Å². The molecule has 0 unspecified atom stereocenters. The highest BCUT2D eigenvalue weighted by Crippen LogP contribution is 2.24. The lowest BCUT2D eigenvalue weighted by Crippen LogP contribution is -2.24. The zero-order valence-corrected chi connectivity index (χ0v) is 9.53. The van der Waals surface area contributed by atoms with Gasteiger partial charge >= 0.3 is 0 Å². The van der Waals surface area contributed by atoms with Crippen molar-refractivity contribution in [1.29, 1.82) is 0 Å². The first kappa shape index (κ1) is 10.2. The van der Waals surface area contributed by atoms with Crippen LogP contribution in [0.5, 0.6) is 0 Å². The maximum atomic E-state index is 4.48. The molecule has 0 aromatic heterocycles. The predicted molar refractivity (Wildman–Crippen MR) is 64.6 cm³/mol. The van der Waals surface area contributed by atoms with Crippen LogP contribution in [0.25, 0.3) is 0 Å². The molecule has 0 aromatic rings. The van der Waals surface area contributed by atoms with Gasteiger partial charge in [0.15, 0.2) is 0 Å². The molecular formula is C13H18N2. The molecule has 2 nitrogen and oxygen atoms in total. The Bertz CT molecular complexity index is 359. The summed E-state index contributed by atoms with van der Waals surface area (Å²) in [6.45, 7) is 5.42. The van der Waals surface area contributed by atoms with Crippen molar-refractivity contribution in [3.05, 3.63) is 35.2 Å². The average molecular weight is 202 g/mol. The lowest BCUT2D eigenvalue weighted by Gasteiger charge is -2.24. The number of unbranched alkanes of at least 4 members (excludes halogenated alkanes) is 1. The monoisotopic (exact) mass is 202 g/mol. The van der Waals surface area contributed by atoms with Crippen LogP contribution in [0.4, 0.5) is 0 Å². The molecule has 1 aliphatic heterocycles. The summed E-state index contributed by atoms with van der Waals surface area (Å²) >= 11 is 0. The summed E-state index contributed by atoms with van der Waals surface area (Å²) in [6, 6.07) is 0. The Labute approximate surface area is 91.7 Å². The minimum absolute atomic E-state index is 1.02. The molecule has 2 rings (SSSR count). The summed E-state index contributed by atoms with van der Waals surface area (Å²) in [4.78, 5) is 6.75. The van der Waals surface area contributed by atoms with E-state index < -0.39 is 0 Å². The Kier molecular flexibility index (Phi) is 3.05. The third-order valence-corrected chi connectivity index (χ3v) is 2.86. The second-order valence-corrected chi connectivity index (χ2v) is 4.10. The van der Waals surface area contributed by atoms with Gasteiger partial charge in [0.1, 0.15) is 0 Å². The topological polar surface area (TPSA) is 15.6 Å². The Morgan fingerprint density at radius 1 is 1.47 bits per heavy atom. The highest BCUT2D eigenvalue weighted by molar-refractivity contribution is 5.65. The maximum absolute atomic E-state index is 4.48. The van der Waals surface area contributed by atoms with Crippen LogP contribution in [-0.2, 0) is 0 Å². The molecule has 2 aliphatic rings. The standard InChI is InChI=1S/C13H18N2/c1-3-4-8-15-10-14-13-9-12(15)7-5-6-11(13)2/h5-6,9-10H,3-4,7-8H2,1-2H3. The van der Waals surface area contributed by atoms with Gasteiger partial charge in [-0.2, -0.15) is 0 Å².